The normalized spacial score (nSPS) is 15.9. The second kappa shape index (κ2) is 5.83. The lowest BCUT2D eigenvalue weighted by Crippen LogP contribution is -2.44. The van der Waals surface area contributed by atoms with Crippen molar-refractivity contribution in [1.29, 1.82) is 0 Å². The molecule has 23 heavy (non-hydrogen) atoms. The molecule has 0 amide bonds. The Morgan fingerprint density at radius 1 is 0.565 bits per heavy atom. The van der Waals surface area contributed by atoms with E-state index in [9.17, 15) is 64.8 Å². The Kier molecular flexibility index (Phi) is 5.72. The average molecular weight is 444 g/mol. The molecule has 0 spiro atoms. The highest BCUT2D eigenvalue weighted by Crippen LogP contribution is 2.46. The summed E-state index contributed by atoms with van der Waals surface area (Å²) in [6.07, 6.45) is 0. The van der Waals surface area contributed by atoms with E-state index in [4.69, 9.17) is 0 Å². The summed E-state index contributed by atoms with van der Waals surface area (Å²) in [5.41, 5.74) is -20.1. The van der Waals surface area contributed by atoms with Gasteiger partial charge < -0.3 is 0 Å². The van der Waals surface area contributed by atoms with Crippen LogP contribution in [0.1, 0.15) is 0 Å². The lowest BCUT2D eigenvalue weighted by atomic mass is 11.5. The smallest absolute Gasteiger partial charge is 0.217 e. The summed E-state index contributed by atoms with van der Waals surface area (Å²) in [5, 5.41) is 0. The van der Waals surface area contributed by atoms with E-state index in [1.165, 1.54) is 0 Å². The zero-order valence-electron chi connectivity index (χ0n) is 9.56. The fraction of sp³-hybridized carbons (Fsp3) is 1.00. The van der Waals surface area contributed by atoms with Gasteiger partial charge in [-0.05, 0) is 0 Å². The van der Waals surface area contributed by atoms with Gasteiger partial charge in [0.15, 0.2) is 0 Å². The molecule has 0 rings (SSSR count). The van der Waals surface area contributed by atoms with Gasteiger partial charge in [-0.3, -0.25) is 0 Å². The SMILES string of the molecule is O=S(=O)(SC(S(=O)(=O)C(F)(F)F)S(=O)(=O)C(F)(F)F)C(F)(F)F. The van der Waals surface area contributed by atoms with Gasteiger partial charge in [0.1, 0.15) is 0 Å². The van der Waals surface area contributed by atoms with Gasteiger partial charge in [0, 0.05) is 10.8 Å². The summed E-state index contributed by atoms with van der Waals surface area (Å²) < 4.78 is 168. The van der Waals surface area contributed by atoms with Gasteiger partial charge in [-0.15, -0.1) is 0 Å². The highest BCUT2D eigenvalue weighted by atomic mass is 33.1. The molecular weight excluding hydrogens is 443 g/mol. The van der Waals surface area contributed by atoms with Crippen LogP contribution >= 0.6 is 10.8 Å². The number of rotatable bonds is 4. The van der Waals surface area contributed by atoms with Crippen LogP contribution in [0.4, 0.5) is 39.5 Å². The Hall–Kier alpha value is -0.430. The standard InChI is InChI=1S/C4HF9O6S4/c5-2(6,7)21(14,15)1(22(16,17)3(8,9)10)20-23(18,19)4(11,12)13/h1H. The first-order chi connectivity index (χ1) is 9.59. The molecule has 0 bridgehead atoms. The number of alkyl halides is 9. The van der Waals surface area contributed by atoms with Crippen LogP contribution < -0.4 is 0 Å². The summed E-state index contributed by atoms with van der Waals surface area (Å²) in [5.74, 6) is 0. The van der Waals surface area contributed by atoms with Crippen molar-refractivity contribution in [2.45, 2.75) is 20.4 Å². The van der Waals surface area contributed by atoms with Crippen LogP contribution in [0.15, 0.2) is 0 Å². The maximum absolute atomic E-state index is 12.2. The summed E-state index contributed by atoms with van der Waals surface area (Å²) in [6.45, 7) is 0. The van der Waals surface area contributed by atoms with Crippen molar-refractivity contribution in [3.63, 3.8) is 0 Å². The third-order valence-corrected chi connectivity index (χ3v) is 11.2. The first-order valence-corrected chi connectivity index (χ1v) is 10.2. The molecule has 0 aliphatic rings. The fourth-order valence-electron chi connectivity index (χ4n) is 0.646. The van der Waals surface area contributed by atoms with Crippen molar-refractivity contribution in [1.82, 2.24) is 0 Å². The molecule has 0 aliphatic heterocycles. The van der Waals surface area contributed by atoms with Crippen molar-refractivity contribution < 1.29 is 64.8 Å². The second-order valence-corrected chi connectivity index (χ2v) is 12.1. The Morgan fingerprint density at radius 2 is 0.826 bits per heavy atom. The zero-order chi connectivity index (χ0) is 19.3. The van der Waals surface area contributed by atoms with E-state index in [1.54, 1.807) is 0 Å². The average Bonchev–Trinajstić information content (AvgIpc) is 2.20. The highest BCUT2D eigenvalue weighted by Gasteiger charge is 2.66. The molecule has 0 unspecified atom stereocenters. The number of sulfone groups is 2. The van der Waals surface area contributed by atoms with Crippen molar-refractivity contribution in [3.05, 3.63) is 0 Å². The van der Waals surface area contributed by atoms with Gasteiger partial charge in [0.05, 0.1) is 0 Å². The molecule has 0 fully saturated rings. The number of halogens is 9. The first-order valence-electron chi connectivity index (χ1n) is 4.19. The van der Waals surface area contributed by atoms with Crippen LogP contribution in [-0.2, 0) is 28.5 Å². The minimum Gasteiger partial charge on any atom is -0.217 e. The van der Waals surface area contributed by atoms with Crippen LogP contribution in [0.2, 0.25) is 0 Å². The molecule has 140 valence electrons. The monoisotopic (exact) mass is 444 g/mol. The Balaban J connectivity index is 6.55. The van der Waals surface area contributed by atoms with Crippen molar-refractivity contribution in [2.24, 2.45) is 0 Å². The molecule has 0 aromatic rings. The van der Waals surface area contributed by atoms with Gasteiger partial charge in [-0.25, -0.2) is 25.3 Å². The molecule has 0 aromatic heterocycles. The van der Waals surface area contributed by atoms with E-state index in [2.05, 4.69) is 0 Å². The second-order valence-electron chi connectivity index (χ2n) is 3.27. The van der Waals surface area contributed by atoms with Crippen LogP contribution in [0, 0.1) is 0 Å². The summed E-state index contributed by atoms with van der Waals surface area (Å²) in [7, 11) is -24.6. The Bertz CT molecular complexity index is 706. The minimum atomic E-state index is -7.50. The molecule has 19 heteroatoms. The van der Waals surface area contributed by atoms with Gasteiger partial charge in [0.2, 0.25) is 3.91 Å². The molecule has 0 saturated carbocycles. The summed E-state index contributed by atoms with van der Waals surface area (Å²) in [6, 6.07) is 0. The molecular formula is C4HF9O6S4. The number of hydrogen-bond acceptors (Lipinski definition) is 7. The molecule has 0 N–H and O–H groups in total. The molecule has 6 nitrogen and oxygen atoms in total. The van der Waals surface area contributed by atoms with Crippen molar-refractivity contribution >= 4 is 39.3 Å². The van der Waals surface area contributed by atoms with E-state index in [-0.39, 0.29) is 0 Å². The van der Waals surface area contributed by atoms with E-state index in [1.807, 2.05) is 0 Å². The van der Waals surface area contributed by atoms with E-state index < -0.39 is 59.8 Å². The fourth-order valence-corrected chi connectivity index (χ4v) is 9.54. The van der Waals surface area contributed by atoms with E-state index in [0.29, 0.717) is 0 Å². The Morgan fingerprint density at radius 3 is 1.00 bits per heavy atom. The van der Waals surface area contributed by atoms with Crippen molar-refractivity contribution in [3.8, 4) is 0 Å². The quantitative estimate of drug-likeness (QED) is 0.481. The predicted octanol–water partition coefficient (Wildman–Crippen LogP) is 1.72. The predicted molar refractivity (Wildman–Crippen MR) is 56.3 cm³/mol. The molecule has 0 heterocycles. The largest absolute Gasteiger partial charge is 0.507 e. The first kappa shape index (κ1) is 22.6. The third kappa shape index (κ3) is 4.35. The Labute approximate surface area is 125 Å². The summed E-state index contributed by atoms with van der Waals surface area (Å²) in [4.78, 5) is 0. The maximum Gasteiger partial charge on any atom is 0.507 e. The molecule has 0 radical (unpaired) electrons. The van der Waals surface area contributed by atoms with Crippen molar-refractivity contribution in [2.75, 3.05) is 0 Å². The maximum atomic E-state index is 12.2. The van der Waals surface area contributed by atoms with Gasteiger partial charge in [-0.2, -0.15) is 39.5 Å². The van der Waals surface area contributed by atoms with Gasteiger partial charge in [0.25, 0.3) is 19.7 Å². The zero-order valence-corrected chi connectivity index (χ0v) is 12.8. The molecule has 0 saturated heterocycles. The minimum absolute atomic E-state index is 2.55. The van der Waals surface area contributed by atoms with Gasteiger partial charge >= 0.3 is 25.4 Å². The van der Waals surface area contributed by atoms with Gasteiger partial charge in [-0.1, -0.05) is 0 Å². The lowest BCUT2D eigenvalue weighted by Gasteiger charge is -2.20. The molecule has 0 atom stereocenters. The van der Waals surface area contributed by atoms with Crippen LogP contribution in [0.5, 0.6) is 0 Å². The van der Waals surface area contributed by atoms with Crippen LogP contribution in [-0.4, -0.2) is 45.7 Å². The van der Waals surface area contributed by atoms with E-state index >= 15 is 0 Å². The highest BCUT2D eigenvalue weighted by molar-refractivity contribution is 8.75. The van der Waals surface area contributed by atoms with Crippen LogP contribution in [0.3, 0.4) is 0 Å². The van der Waals surface area contributed by atoms with Crippen LogP contribution in [0.25, 0.3) is 0 Å². The third-order valence-electron chi connectivity index (χ3n) is 1.64. The molecule has 0 aliphatic carbocycles. The number of hydrogen-bond donors (Lipinski definition) is 0. The topological polar surface area (TPSA) is 102 Å². The lowest BCUT2D eigenvalue weighted by molar-refractivity contribution is -0.0465. The van der Waals surface area contributed by atoms with E-state index in [0.717, 1.165) is 0 Å². The summed E-state index contributed by atoms with van der Waals surface area (Å²) >= 11 is 0. The molecule has 0 aromatic carbocycles.